The second-order valence-corrected chi connectivity index (χ2v) is 5.03. The van der Waals surface area contributed by atoms with Crippen LogP contribution in [0, 0.1) is 0 Å². The molecular weight excluding hydrogens is 250 g/mol. The standard InChI is InChI=1S/C12H19N3O2S/c1-4-9(7-18-3)15(2)6-11-10(12(16)17)5-13-8-14-11/h5,8-9H,4,6-7H2,1-3H3,(H,16,17). The molecule has 0 bridgehead atoms. The summed E-state index contributed by atoms with van der Waals surface area (Å²) < 4.78 is 0. The Labute approximate surface area is 112 Å². The molecule has 0 saturated heterocycles. The molecule has 18 heavy (non-hydrogen) atoms. The highest BCUT2D eigenvalue weighted by molar-refractivity contribution is 7.98. The topological polar surface area (TPSA) is 66.3 Å². The van der Waals surface area contributed by atoms with Gasteiger partial charge in [-0.2, -0.15) is 11.8 Å². The highest BCUT2D eigenvalue weighted by Gasteiger charge is 2.17. The zero-order valence-corrected chi connectivity index (χ0v) is 11.8. The monoisotopic (exact) mass is 269 g/mol. The van der Waals surface area contributed by atoms with Crippen LogP contribution in [0.2, 0.25) is 0 Å². The average Bonchev–Trinajstić information content (AvgIpc) is 2.36. The zero-order valence-electron chi connectivity index (χ0n) is 11.0. The molecule has 0 radical (unpaired) electrons. The smallest absolute Gasteiger partial charge is 0.339 e. The molecule has 1 N–H and O–H groups in total. The van der Waals surface area contributed by atoms with E-state index < -0.39 is 5.97 Å². The Hall–Kier alpha value is -1.14. The van der Waals surface area contributed by atoms with E-state index in [-0.39, 0.29) is 5.56 Å². The van der Waals surface area contributed by atoms with Crippen LogP contribution in [0.5, 0.6) is 0 Å². The van der Waals surface area contributed by atoms with E-state index in [0.717, 1.165) is 12.2 Å². The minimum absolute atomic E-state index is 0.184. The van der Waals surface area contributed by atoms with Gasteiger partial charge in [0.05, 0.1) is 5.69 Å². The fourth-order valence-electron chi connectivity index (χ4n) is 1.77. The minimum atomic E-state index is -0.975. The third kappa shape index (κ3) is 3.96. The maximum Gasteiger partial charge on any atom is 0.339 e. The quantitative estimate of drug-likeness (QED) is 0.813. The lowest BCUT2D eigenvalue weighted by molar-refractivity contribution is 0.0693. The van der Waals surface area contributed by atoms with Gasteiger partial charge < -0.3 is 5.11 Å². The van der Waals surface area contributed by atoms with Gasteiger partial charge in [-0.1, -0.05) is 6.92 Å². The van der Waals surface area contributed by atoms with E-state index in [9.17, 15) is 4.79 Å². The van der Waals surface area contributed by atoms with Crippen molar-refractivity contribution in [1.29, 1.82) is 0 Å². The van der Waals surface area contributed by atoms with Crippen molar-refractivity contribution < 1.29 is 9.90 Å². The zero-order chi connectivity index (χ0) is 13.5. The number of rotatable bonds is 7. The van der Waals surface area contributed by atoms with Gasteiger partial charge in [-0.15, -0.1) is 0 Å². The summed E-state index contributed by atoms with van der Waals surface area (Å²) in [5, 5.41) is 9.08. The first-order valence-electron chi connectivity index (χ1n) is 5.81. The van der Waals surface area contributed by atoms with E-state index in [4.69, 9.17) is 5.11 Å². The van der Waals surface area contributed by atoms with Gasteiger partial charge >= 0.3 is 5.97 Å². The van der Waals surface area contributed by atoms with Crippen molar-refractivity contribution in [3.8, 4) is 0 Å². The Balaban J connectivity index is 2.80. The van der Waals surface area contributed by atoms with Crippen LogP contribution >= 0.6 is 11.8 Å². The van der Waals surface area contributed by atoms with Gasteiger partial charge in [0.1, 0.15) is 11.9 Å². The second kappa shape index (κ2) is 7.33. The molecule has 5 nitrogen and oxygen atoms in total. The maximum absolute atomic E-state index is 11.1. The van der Waals surface area contributed by atoms with Gasteiger partial charge in [0.15, 0.2) is 0 Å². The van der Waals surface area contributed by atoms with Crippen LogP contribution in [0.4, 0.5) is 0 Å². The van der Waals surface area contributed by atoms with E-state index in [1.807, 2.05) is 7.05 Å². The molecule has 0 aliphatic heterocycles. The van der Waals surface area contributed by atoms with Crippen LogP contribution in [-0.4, -0.2) is 51.0 Å². The molecule has 0 spiro atoms. The molecule has 100 valence electrons. The molecule has 0 fully saturated rings. The van der Waals surface area contributed by atoms with E-state index >= 15 is 0 Å². The molecule has 0 amide bonds. The lowest BCUT2D eigenvalue weighted by Gasteiger charge is -2.26. The highest BCUT2D eigenvalue weighted by Crippen LogP contribution is 2.13. The molecule has 6 heteroatoms. The summed E-state index contributed by atoms with van der Waals surface area (Å²) in [5.74, 6) is 0.0532. The van der Waals surface area contributed by atoms with Crippen LogP contribution in [-0.2, 0) is 6.54 Å². The van der Waals surface area contributed by atoms with E-state index in [1.54, 1.807) is 11.8 Å². The Bertz CT molecular complexity index is 401. The number of aromatic carboxylic acids is 1. The lowest BCUT2D eigenvalue weighted by atomic mass is 10.2. The van der Waals surface area contributed by atoms with Crippen molar-refractivity contribution in [3.05, 3.63) is 23.8 Å². The fraction of sp³-hybridized carbons (Fsp3) is 0.583. The summed E-state index contributed by atoms with van der Waals surface area (Å²) in [4.78, 5) is 21.0. The van der Waals surface area contributed by atoms with Crippen molar-refractivity contribution >= 4 is 17.7 Å². The molecule has 1 unspecified atom stereocenters. The maximum atomic E-state index is 11.1. The first-order valence-corrected chi connectivity index (χ1v) is 7.20. The van der Waals surface area contributed by atoms with Gasteiger partial charge in [-0.3, -0.25) is 4.90 Å². The number of carboxylic acid groups (broad SMARTS) is 1. The summed E-state index contributed by atoms with van der Waals surface area (Å²) in [6.07, 6.45) is 5.86. The fourth-order valence-corrected chi connectivity index (χ4v) is 2.65. The van der Waals surface area contributed by atoms with Crippen LogP contribution in [0.25, 0.3) is 0 Å². The van der Waals surface area contributed by atoms with Crippen LogP contribution in [0.1, 0.15) is 29.4 Å². The Morgan fingerprint density at radius 3 is 2.89 bits per heavy atom. The molecule has 1 heterocycles. The predicted molar refractivity (Wildman–Crippen MR) is 72.9 cm³/mol. The van der Waals surface area contributed by atoms with E-state index in [0.29, 0.717) is 18.3 Å². The number of hydrogen-bond acceptors (Lipinski definition) is 5. The van der Waals surface area contributed by atoms with Crippen molar-refractivity contribution in [2.75, 3.05) is 19.1 Å². The van der Waals surface area contributed by atoms with Gasteiger partial charge in [0.2, 0.25) is 0 Å². The summed E-state index contributed by atoms with van der Waals surface area (Å²) in [7, 11) is 2.00. The average molecular weight is 269 g/mol. The first-order chi connectivity index (χ1) is 8.60. The van der Waals surface area contributed by atoms with Crippen molar-refractivity contribution in [2.45, 2.75) is 25.9 Å². The van der Waals surface area contributed by atoms with E-state index in [2.05, 4.69) is 28.0 Å². The normalized spacial score (nSPS) is 12.7. The van der Waals surface area contributed by atoms with Crippen molar-refractivity contribution in [2.24, 2.45) is 0 Å². The molecular formula is C12H19N3O2S. The molecule has 1 rings (SSSR count). The molecule has 0 aliphatic rings. The summed E-state index contributed by atoms with van der Waals surface area (Å²) in [6, 6.07) is 0.427. The number of carbonyl (C=O) groups is 1. The third-order valence-electron chi connectivity index (χ3n) is 2.88. The number of carboxylic acids is 1. The largest absolute Gasteiger partial charge is 0.478 e. The number of hydrogen-bond donors (Lipinski definition) is 1. The lowest BCUT2D eigenvalue weighted by Crippen LogP contribution is -2.33. The Morgan fingerprint density at radius 2 is 2.33 bits per heavy atom. The summed E-state index contributed by atoms with van der Waals surface area (Å²) >= 11 is 1.79. The molecule has 0 saturated carbocycles. The second-order valence-electron chi connectivity index (χ2n) is 4.12. The third-order valence-corrected chi connectivity index (χ3v) is 3.60. The summed E-state index contributed by atoms with van der Waals surface area (Å²) in [6.45, 7) is 2.67. The molecule has 0 aliphatic carbocycles. The minimum Gasteiger partial charge on any atom is -0.478 e. The van der Waals surface area contributed by atoms with Crippen LogP contribution < -0.4 is 0 Å². The first kappa shape index (κ1) is 14.9. The van der Waals surface area contributed by atoms with Gasteiger partial charge in [-0.05, 0) is 19.7 Å². The van der Waals surface area contributed by atoms with Gasteiger partial charge in [-0.25, -0.2) is 14.8 Å². The Morgan fingerprint density at radius 1 is 1.61 bits per heavy atom. The molecule has 1 atom stereocenters. The summed E-state index contributed by atoms with van der Waals surface area (Å²) in [5.41, 5.74) is 0.753. The van der Waals surface area contributed by atoms with Gasteiger partial charge in [0.25, 0.3) is 0 Å². The van der Waals surface area contributed by atoms with Crippen LogP contribution in [0.3, 0.4) is 0 Å². The number of aromatic nitrogens is 2. The van der Waals surface area contributed by atoms with E-state index in [1.165, 1.54) is 12.5 Å². The van der Waals surface area contributed by atoms with Gasteiger partial charge in [0, 0.05) is 24.5 Å². The van der Waals surface area contributed by atoms with Crippen LogP contribution in [0.15, 0.2) is 12.5 Å². The number of thioether (sulfide) groups is 1. The Kier molecular flexibility index (Phi) is 6.07. The number of nitrogens with zero attached hydrogens (tertiary/aromatic N) is 3. The molecule has 0 aromatic carbocycles. The SMILES string of the molecule is CCC(CSC)N(C)Cc1ncncc1C(=O)O. The predicted octanol–water partition coefficient (Wildman–Crippen LogP) is 1.75. The highest BCUT2D eigenvalue weighted by atomic mass is 32.2. The molecule has 1 aromatic heterocycles. The molecule has 1 aromatic rings. The van der Waals surface area contributed by atoms with Crippen molar-refractivity contribution in [3.63, 3.8) is 0 Å². The van der Waals surface area contributed by atoms with Crippen molar-refractivity contribution in [1.82, 2.24) is 14.9 Å².